The van der Waals surface area contributed by atoms with Crippen molar-refractivity contribution in [3.05, 3.63) is 64.9 Å². The number of thiazole rings is 1. The van der Waals surface area contributed by atoms with Crippen molar-refractivity contribution >= 4 is 27.3 Å². The number of benzene rings is 2. The Kier molecular flexibility index (Phi) is 3.09. The number of hydrogen-bond acceptors (Lipinski definition) is 3. The average molecular weight is 271 g/mol. The lowest BCUT2D eigenvalue weighted by Crippen LogP contribution is -2.04. The van der Waals surface area contributed by atoms with Crippen molar-refractivity contribution in [1.29, 1.82) is 0 Å². The van der Waals surface area contributed by atoms with Crippen molar-refractivity contribution in [2.24, 2.45) is 0 Å². The fourth-order valence-electron chi connectivity index (χ4n) is 1.88. The van der Waals surface area contributed by atoms with E-state index in [1.807, 2.05) is 24.3 Å². The van der Waals surface area contributed by atoms with Gasteiger partial charge in [-0.3, -0.25) is 4.79 Å². The van der Waals surface area contributed by atoms with Crippen LogP contribution < -0.4 is 0 Å². The van der Waals surface area contributed by atoms with Crippen molar-refractivity contribution in [3.8, 4) is 0 Å². The predicted molar refractivity (Wildman–Crippen MR) is 74.1 cm³/mol. The van der Waals surface area contributed by atoms with Crippen LogP contribution in [0.15, 0.2) is 48.5 Å². The fourth-order valence-corrected chi connectivity index (χ4v) is 2.78. The summed E-state index contributed by atoms with van der Waals surface area (Å²) >= 11 is 1.35. The Morgan fingerprint density at radius 1 is 1.11 bits per heavy atom. The van der Waals surface area contributed by atoms with Gasteiger partial charge in [0, 0.05) is 6.42 Å². The molecular weight excluding hydrogens is 261 g/mol. The maximum absolute atomic E-state index is 13.5. The number of carbonyl (C=O) groups is 1. The molecule has 94 valence electrons. The van der Waals surface area contributed by atoms with Gasteiger partial charge in [-0.25, -0.2) is 9.37 Å². The molecule has 1 aromatic heterocycles. The van der Waals surface area contributed by atoms with Crippen molar-refractivity contribution < 1.29 is 9.18 Å². The summed E-state index contributed by atoms with van der Waals surface area (Å²) in [5, 5.41) is 0.435. The molecule has 0 aliphatic heterocycles. The molecule has 2 aromatic carbocycles. The maximum Gasteiger partial charge on any atom is 0.195 e. The largest absolute Gasteiger partial charge is 0.291 e. The summed E-state index contributed by atoms with van der Waals surface area (Å²) < 4.78 is 14.5. The van der Waals surface area contributed by atoms with Crippen LogP contribution in [0.1, 0.15) is 15.4 Å². The van der Waals surface area contributed by atoms with Crippen molar-refractivity contribution in [1.82, 2.24) is 4.98 Å². The van der Waals surface area contributed by atoms with Crippen LogP contribution in [-0.4, -0.2) is 10.8 Å². The standard InChI is InChI=1S/C15H10FNOS/c16-11-6-2-1-5-10(11)9-13(18)15-17-12-7-3-4-8-14(12)19-15/h1-8H,9H2. The zero-order valence-corrected chi connectivity index (χ0v) is 10.8. The van der Waals surface area contributed by atoms with Gasteiger partial charge in [0.25, 0.3) is 0 Å². The molecule has 0 saturated carbocycles. The molecule has 19 heavy (non-hydrogen) atoms. The van der Waals surface area contributed by atoms with E-state index in [4.69, 9.17) is 0 Å². The van der Waals surface area contributed by atoms with E-state index in [1.54, 1.807) is 18.2 Å². The predicted octanol–water partition coefficient (Wildman–Crippen LogP) is 3.86. The molecule has 0 amide bonds. The fraction of sp³-hybridized carbons (Fsp3) is 0.0667. The van der Waals surface area contributed by atoms with E-state index < -0.39 is 0 Å². The third-order valence-corrected chi connectivity index (χ3v) is 3.92. The van der Waals surface area contributed by atoms with E-state index in [2.05, 4.69) is 4.98 Å². The maximum atomic E-state index is 13.5. The molecule has 3 rings (SSSR count). The third kappa shape index (κ3) is 2.39. The zero-order chi connectivity index (χ0) is 13.2. The monoisotopic (exact) mass is 271 g/mol. The van der Waals surface area contributed by atoms with E-state index in [0.717, 1.165) is 10.2 Å². The molecule has 0 fully saturated rings. The molecule has 1 heterocycles. The lowest BCUT2D eigenvalue weighted by Gasteiger charge is -1.99. The highest BCUT2D eigenvalue weighted by atomic mass is 32.1. The molecule has 0 N–H and O–H groups in total. The Labute approximate surface area is 113 Å². The number of ketones is 1. The van der Waals surface area contributed by atoms with Crippen LogP contribution in [0.2, 0.25) is 0 Å². The van der Waals surface area contributed by atoms with Crippen LogP contribution in [0.25, 0.3) is 10.2 Å². The van der Waals surface area contributed by atoms with Crippen LogP contribution in [0.5, 0.6) is 0 Å². The highest BCUT2D eigenvalue weighted by Crippen LogP contribution is 2.23. The number of aromatic nitrogens is 1. The van der Waals surface area contributed by atoms with Crippen molar-refractivity contribution in [2.45, 2.75) is 6.42 Å². The summed E-state index contributed by atoms with van der Waals surface area (Å²) in [5.74, 6) is -0.497. The number of hydrogen-bond donors (Lipinski definition) is 0. The number of para-hydroxylation sites is 1. The van der Waals surface area contributed by atoms with Crippen LogP contribution in [-0.2, 0) is 6.42 Å². The van der Waals surface area contributed by atoms with Gasteiger partial charge in [-0.05, 0) is 23.8 Å². The smallest absolute Gasteiger partial charge is 0.195 e. The number of fused-ring (bicyclic) bond motifs is 1. The molecule has 0 saturated heterocycles. The summed E-state index contributed by atoms with van der Waals surface area (Å²) in [7, 11) is 0. The Bertz CT molecular complexity index is 717. The number of carbonyl (C=O) groups excluding carboxylic acids is 1. The molecule has 0 radical (unpaired) electrons. The first-order valence-corrected chi connectivity index (χ1v) is 6.68. The summed E-state index contributed by atoms with van der Waals surface area (Å²) in [5.41, 5.74) is 1.22. The number of Topliss-reactive ketones (excluding diaryl/α,β-unsaturated/α-hetero) is 1. The van der Waals surface area contributed by atoms with E-state index in [0.29, 0.717) is 10.6 Å². The van der Waals surface area contributed by atoms with Crippen LogP contribution in [0.4, 0.5) is 4.39 Å². The lowest BCUT2D eigenvalue weighted by molar-refractivity contribution is 0.0991. The minimum Gasteiger partial charge on any atom is -0.291 e. The van der Waals surface area contributed by atoms with Gasteiger partial charge in [-0.1, -0.05) is 30.3 Å². The summed E-state index contributed by atoms with van der Waals surface area (Å²) in [6, 6.07) is 13.9. The molecule has 0 atom stereocenters. The first kappa shape index (κ1) is 12.0. The first-order chi connectivity index (χ1) is 9.24. The van der Waals surface area contributed by atoms with E-state index in [9.17, 15) is 9.18 Å². The number of rotatable bonds is 3. The van der Waals surface area contributed by atoms with Gasteiger partial charge in [0.15, 0.2) is 10.8 Å². The summed E-state index contributed by atoms with van der Waals surface area (Å²) in [4.78, 5) is 16.4. The van der Waals surface area contributed by atoms with Gasteiger partial charge >= 0.3 is 0 Å². The van der Waals surface area contributed by atoms with Gasteiger partial charge in [0.05, 0.1) is 10.2 Å². The van der Waals surface area contributed by atoms with Crippen LogP contribution >= 0.6 is 11.3 Å². The van der Waals surface area contributed by atoms with Crippen LogP contribution in [0, 0.1) is 5.82 Å². The normalized spacial score (nSPS) is 10.8. The van der Waals surface area contributed by atoms with Gasteiger partial charge < -0.3 is 0 Å². The van der Waals surface area contributed by atoms with Crippen LogP contribution in [0.3, 0.4) is 0 Å². The molecule has 0 aliphatic rings. The van der Waals surface area contributed by atoms with Gasteiger partial charge in [0.1, 0.15) is 5.82 Å². The second-order valence-corrected chi connectivity index (χ2v) is 5.21. The first-order valence-electron chi connectivity index (χ1n) is 5.86. The molecule has 0 bridgehead atoms. The molecule has 0 spiro atoms. The molecule has 3 aromatic rings. The third-order valence-electron chi connectivity index (χ3n) is 2.84. The Morgan fingerprint density at radius 2 is 1.84 bits per heavy atom. The highest BCUT2D eigenvalue weighted by Gasteiger charge is 2.14. The van der Waals surface area contributed by atoms with E-state index in [1.165, 1.54) is 17.4 Å². The van der Waals surface area contributed by atoms with E-state index >= 15 is 0 Å². The average Bonchev–Trinajstić information content (AvgIpc) is 2.85. The topological polar surface area (TPSA) is 30.0 Å². The Balaban J connectivity index is 1.90. The molecule has 0 aliphatic carbocycles. The quantitative estimate of drug-likeness (QED) is 0.677. The van der Waals surface area contributed by atoms with Gasteiger partial charge in [0.2, 0.25) is 0 Å². The molecule has 2 nitrogen and oxygen atoms in total. The SMILES string of the molecule is O=C(Cc1ccccc1F)c1nc2ccccc2s1. The van der Waals surface area contributed by atoms with Gasteiger partial charge in [-0.2, -0.15) is 0 Å². The van der Waals surface area contributed by atoms with E-state index in [-0.39, 0.29) is 18.0 Å². The summed E-state index contributed by atoms with van der Waals surface area (Å²) in [6.45, 7) is 0. The second-order valence-electron chi connectivity index (χ2n) is 4.18. The minimum absolute atomic E-state index is 0.0481. The second kappa shape index (κ2) is 4.90. The van der Waals surface area contributed by atoms with Crippen molar-refractivity contribution in [2.75, 3.05) is 0 Å². The Morgan fingerprint density at radius 3 is 2.63 bits per heavy atom. The zero-order valence-electron chi connectivity index (χ0n) is 9.97. The minimum atomic E-state index is -0.350. The lowest BCUT2D eigenvalue weighted by atomic mass is 10.1. The van der Waals surface area contributed by atoms with Gasteiger partial charge in [-0.15, -0.1) is 11.3 Å². The molecular formula is C15H10FNOS. The summed E-state index contributed by atoms with van der Waals surface area (Å²) in [6.07, 6.45) is 0.0481. The molecule has 4 heteroatoms. The number of halogens is 1. The number of nitrogens with zero attached hydrogens (tertiary/aromatic N) is 1. The van der Waals surface area contributed by atoms with Crippen molar-refractivity contribution in [3.63, 3.8) is 0 Å². The highest BCUT2D eigenvalue weighted by molar-refractivity contribution is 7.20. The molecule has 0 unspecified atom stereocenters. The Hall–Kier alpha value is -2.07.